The van der Waals surface area contributed by atoms with Crippen molar-refractivity contribution in [2.45, 2.75) is 68.9 Å². The van der Waals surface area contributed by atoms with Gasteiger partial charge in [0.2, 0.25) is 5.91 Å². The number of aldehydes is 1. The van der Waals surface area contributed by atoms with Crippen LogP contribution in [0.2, 0.25) is 0 Å². The molecule has 1 atom stereocenters. The van der Waals surface area contributed by atoms with Crippen LogP contribution in [0, 0.1) is 5.92 Å². The highest BCUT2D eigenvalue weighted by Crippen LogP contribution is 2.36. The molecule has 7 N–H and O–H groups in total. The molecule has 0 radical (unpaired) electrons. The molecular weight excluding hydrogens is 599 g/mol. The van der Waals surface area contributed by atoms with Gasteiger partial charge >= 0.3 is 18.1 Å². The number of rotatable bonds is 10. The van der Waals surface area contributed by atoms with Gasteiger partial charge in [-0.15, -0.1) is 0 Å². The third kappa shape index (κ3) is 7.78. The number of carbonyl (C=O) groups excluding carboxylic acids is 2. The number of benzene rings is 2. The molecule has 0 saturated heterocycles. The Morgan fingerprint density at radius 3 is 2.22 bits per heavy atom. The number of carbonyl (C=O) groups is 4. The molecule has 242 valence electrons. The minimum atomic E-state index is -5.08. The normalized spacial score (nSPS) is 17.4. The maximum absolute atomic E-state index is 14.0. The van der Waals surface area contributed by atoms with Gasteiger partial charge in [0.1, 0.15) is 11.2 Å². The summed E-state index contributed by atoms with van der Waals surface area (Å²) in [5.41, 5.74) is 6.71. The first-order chi connectivity index (χ1) is 21.3. The highest BCUT2D eigenvalue weighted by Gasteiger charge is 2.51. The summed E-state index contributed by atoms with van der Waals surface area (Å²) in [6.45, 7) is -0.164. The summed E-state index contributed by atoms with van der Waals surface area (Å²) in [5, 5.41) is 30.5. The summed E-state index contributed by atoms with van der Waals surface area (Å²) in [6, 6.07) is 13.3. The molecule has 2 aromatic carbocycles. The lowest BCUT2D eigenvalue weighted by molar-refractivity contribution is -0.192. The maximum Gasteiger partial charge on any atom is 0.490 e. The monoisotopic (exact) mass is 633 g/mol. The smallest absolute Gasteiger partial charge is 0.480 e. The van der Waals surface area contributed by atoms with Crippen LogP contribution >= 0.6 is 0 Å². The molecule has 0 bridgehead atoms. The van der Waals surface area contributed by atoms with Crippen LogP contribution < -0.4 is 21.7 Å². The fourth-order valence-electron chi connectivity index (χ4n) is 6.02. The van der Waals surface area contributed by atoms with Crippen LogP contribution in [-0.2, 0) is 38.6 Å². The molecule has 1 fully saturated rings. The van der Waals surface area contributed by atoms with Crippen molar-refractivity contribution in [3.8, 4) is 0 Å². The van der Waals surface area contributed by atoms with Gasteiger partial charge in [-0.25, -0.2) is 4.79 Å². The van der Waals surface area contributed by atoms with E-state index in [1.54, 1.807) is 12.1 Å². The Labute approximate surface area is 255 Å². The number of anilines is 1. The summed E-state index contributed by atoms with van der Waals surface area (Å²) in [5.74, 6) is -3.91. The minimum absolute atomic E-state index is 0.138. The zero-order valence-corrected chi connectivity index (χ0v) is 24.2. The van der Waals surface area contributed by atoms with Gasteiger partial charge in [-0.2, -0.15) is 13.2 Å². The zero-order valence-electron chi connectivity index (χ0n) is 24.2. The van der Waals surface area contributed by atoms with Crippen LogP contribution in [0.4, 0.5) is 19.0 Å². The molecule has 0 spiro atoms. The Bertz CT molecular complexity index is 1530. The van der Waals surface area contributed by atoms with E-state index in [0.717, 1.165) is 55.1 Å². The number of fused-ring (bicyclic) bond motifs is 2. The third-order valence-electron chi connectivity index (χ3n) is 8.21. The van der Waals surface area contributed by atoms with Crippen molar-refractivity contribution in [1.29, 1.82) is 0 Å². The number of alkyl halides is 3. The van der Waals surface area contributed by atoms with E-state index in [-0.39, 0.29) is 18.4 Å². The van der Waals surface area contributed by atoms with Gasteiger partial charge in [-0.05, 0) is 47.6 Å². The second kappa shape index (κ2) is 13.6. The van der Waals surface area contributed by atoms with Gasteiger partial charge < -0.3 is 25.8 Å². The fraction of sp³-hybridized carbons (Fsp3) is 0.433. The Hall–Kier alpha value is -4.50. The lowest BCUT2D eigenvalue weighted by Gasteiger charge is -2.45. The predicted molar refractivity (Wildman–Crippen MR) is 155 cm³/mol. The molecule has 2 aliphatic rings. The molecule has 3 aromatic rings. The molecule has 0 aliphatic heterocycles. The predicted octanol–water partition coefficient (Wildman–Crippen LogP) is 2.94. The molecule has 15 heteroatoms. The van der Waals surface area contributed by atoms with E-state index in [9.17, 15) is 32.7 Å². The van der Waals surface area contributed by atoms with Crippen molar-refractivity contribution >= 4 is 40.9 Å². The molecule has 5 rings (SSSR count). The summed E-state index contributed by atoms with van der Waals surface area (Å²) in [6.07, 6.45) is 0.949. The molecular formula is C30H34F3N5O7. The van der Waals surface area contributed by atoms with Gasteiger partial charge in [-0.1, -0.05) is 54.8 Å². The quantitative estimate of drug-likeness (QED) is 0.142. The maximum atomic E-state index is 14.0. The number of nitrogens with zero attached hydrogens (tertiary/aromatic N) is 1. The van der Waals surface area contributed by atoms with Crippen LogP contribution in [-0.4, -0.2) is 63.4 Å². The number of hydrogen-bond acceptors (Lipinski definition) is 9. The van der Waals surface area contributed by atoms with Crippen molar-refractivity contribution in [2.24, 2.45) is 5.92 Å². The molecule has 1 aromatic heterocycles. The summed E-state index contributed by atoms with van der Waals surface area (Å²) in [4.78, 5) is 47.2. The van der Waals surface area contributed by atoms with E-state index >= 15 is 0 Å². The second-order valence-electron chi connectivity index (χ2n) is 11.3. The Morgan fingerprint density at radius 2 is 1.67 bits per heavy atom. The van der Waals surface area contributed by atoms with Crippen molar-refractivity contribution in [1.82, 2.24) is 21.1 Å². The number of amides is 1. The summed E-state index contributed by atoms with van der Waals surface area (Å²) < 4.78 is 37.0. The number of aromatic nitrogens is 1. The topological polar surface area (TPSA) is 197 Å². The number of carboxylic acids is 2. The van der Waals surface area contributed by atoms with Crippen LogP contribution in [0.1, 0.15) is 48.8 Å². The SMILES string of the molecule is Nc1noc2cc(CNC(=O)C3(N[C@](C=O)(NCC(=O)O)C4CCCCC4)Cc4ccccc4C3)ccc12.O=C(O)C(F)(F)F. The highest BCUT2D eigenvalue weighted by atomic mass is 19.4. The lowest BCUT2D eigenvalue weighted by atomic mass is 9.78. The standard InChI is InChI=1S/C28H33N5O5.C2HF3O2/c29-25-22-11-10-18(12-23(22)38-32-25)15-30-26(37)27(13-19-6-4-5-7-20(19)14-27)33-28(17-34,31-16-24(35)36)21-8-2-1-3-9-21;3-2(4,5)1(6)7/h4-7,10-12,17,21,31,33H,1-3,8-9,13-16H2,(H2,29,32)(H,30,37)(H,35,36);(H,6,7)/t28-;/m0./s1. The number of halogens is 3. The number of carboxylic acid groups (broad SMARTS) is 2. The zero-order chi connectivity index (χ0) is 32.8. The van der Waals surface area contributed by atoms with E-state index in [0.29, 0.717) is 29.6 Å². The molecule has 2 aliphatic carbocycles. The Morgan fingerprint density at radius 1 is 1.04 bits per heavy atom. The molecule has 1 heterocycles. The molecule has 0 unspecified atom stereocenters. The molecule has 45 heavy (non-hydrogen) atoms. The van der Waals surface area contributed by atoms with Gasteiger partial charge in [0.05, 0.1) is 11.9 Å². The number of nitrogen functional groups attached to an aromatic ring is 1. The largest absolute Gasteiger partial charge is 0.490 e. The summed E-state index contributed by atoms with van der Waals surface area (Å²) >= 11 is 0. The van der Waals surface area contributed by atoms with E-state index in [4.69, 9.17) is 20.2 Å². The van der Waals surface area contributed by atoms with Crippen molar-refractivity contribution in [2.75, 3.05) is 12.3 Å². The second-order valence-corrected chi connectivity index (χ2v) is 11.3. The lowest BCUT2D eigenvalue weighted by Crippen LogP contribution is -2.73. The van der Waals surface area contributed by atoms with Crippen LogP contribution in [0.5, 0.6) is 0 Å². The van der Waals surface area contributed by atoms with Gasteiger partial charge in [0.25, 0.3) is 0 Å². The molecule has 1 saturated carbocycles. The van der Waals surface area contributed by atoms with Crippen molar-refractivity contribution < 1.29 is 47.1 Å². The van der Waals surface area contributed by atoms with Crippen molar-refractivity contribution in [3.05, 3.63) is 59.2 Å². The number of nitrogens with one attached hydrogen (secondary N) is 3. The Balaban J connectivity index is 0.000000591. The number of nitrogens with two attached hydrogens (primary N) is 1. The van der Waals surface area contributed by atoms with Crippen LogP contribution in [0.15, 0.2) is 47.0 Å². The van der Waals surface area contributed by atoms with Crippen LogP contribution in [0.25, 0.3) is 11.0 Å². The van der Waals surface area contributed by atoms with E-state index in [1.165, 1.54) is 0 Å². The average molecular weight is 634 g/mol. The number of aliphatic carboxylic acids is 2. The first-order valence-corrected chi connectivity index (χ1v) is 14.3. The fourth-order valence-corrected chi connectivity index (χ4v) is 6.02. The van der Waals surface area contributed by atoms with E-state index in [2.05, 4.69) is 21.1 Å². The van der Waals surface area contributed by atoms with E-state index in [1.807, 2.05) is 30.3 Å². The average Bonchev–Trinajstić information content (AvgIpc) is 3.58. The van der Waals surface area contributed by atoms with E-state index < -0.39 is 35.9 Å². The highest BCUT2D eigenvalue weighted by molar-refractivity contribution is 5.90. The van der Waals surface area contributed by atoms with Gasteiger partial charge in [0.15, 0.2) is 17.7 Å². The molecule has 1 amide bonds. The third-order valence-corrected chi connectivity index (χ3v) is 8.21. The minimum Gasteiger partial charge on any atom is -0.480 e. The number of hydrogen-bond donors (Lipinski definition) is 6. The van der Waals surface area contributed by atoms with Gasteiger partial charge in [-0.3, -0.25) is 25.0 Å². The first-order valence-electron chi connectivity index (χ1n) is 14.3. The first kappa shape index (κ1) is 33.4. The van der Waals surface area contributed by atoms with Gasteiger partial charge in [0, 0.05) is 19.4 Å². The molecule has 12 nitrogen and oxygen atoms in total. The Kier molecular flexibility index (Phi) is 10.1. The van der Waals surface area contributed by atoms with Crippen molar-refractivity contribution in [3.63, 3.8) is 0 Å². The van der Waals surface area contributed by atoms with Crippen LogP contribution in [0.3, 0.4) is 0 Å². The summed E-state index contributed by atoms with van der Waals surface area (Å²) in [7, 11) is 0.